The average molecular weight is 348 g/mol. The summed E-state index contributed by atoms with van der Waals surface area (Å²) in [5, 5.41) is 0. The molecule has 20 heavy (non-hydrogen) atoms. The van der Waals surface area contributed by atoms with Crippen LogP contribution in [0.3, 0.4) is 0 Å². The van der Waals surface area contributed by atoms with Crippen LogP contribution in [0.2, 0.25) is 0 Å². The minimum Gasteiger partial charge on any atom is -0.349 e. The molecule has 2 atom stereocenters. The lowest BCUT2D eigenvalue weighted by atomic mass is 10.6. The zero-order valence-electron chi connectivity index (χ0n) is 10.9. The summed E-state index contributed by atoms with van der Waals surface area (Å²) >= 11 is 0. The van der Waals surface area contributed by atoms with Crippen molar-refractivity contribution in [2.24, 2.45) is 0 Å². The molecule has 2 heterocycles. The number of rotatable bonds is 6. The van der Waals surface area contributed by atoms with E-state index in [1.54, 1.807) is 0 Å². The molecule has 2 aliphatic heterocycles. The first kappa shape index (κ1) is 17.1. The summed E-state index contributed by atoms with van der Waals surface area (Å²) in [6.45, 7) is 2.45. The van der Waals surface area contributed by atoms with Gasteiger partial charge < -0.3 is 18.8 Å². The second kappa shape index (κ2) is 9.03. The first-order chi connectivity index (χ1) is 9.63. The van der Waals surface area contributed by atoms with Gasteiger partial charge >= 0.3 is 8.25 Å². The van der Waals surface area contributed by atoms with Gasteiger partial charge in [0.1, 0.15) is 13.5 Å². The molecule has 0 aromatic heterocycles. The molecular formula is C8H19N2O7P3. The molecule has 0 aromatic carbocycles. The molecule has 0 aliphatic carbocycles. The van der Waals surface area contributed by atoms with Crippen molar-refractivity contribution in [3.8, 4) is 0 Å². The highest BCUT2D eigenvalue weighted by Crippen LogP contribution is 2.37. The minimum atomic E-state index is -2.59. The number of hydrogen-bond acceptors (Lipinski definition) is 9. The fraction of sp³-hybridized carbons (Fsp3) is 1.00. The highest BCUT2D eigenvalue weighted by Gasteiger charge is 2.21. The number of nitrogens with zero attached hydrogens (tertiary/aromatic N) is 2. The molecule has 0 radical (unpaired) electrons. The normalized spacial score (nSPS) is 31.3. The molecule has 9 nitrogen and oxygen atoms in total. The molecule has 2 N–H and O–H groups in total. The maximum atomic E-state index is 11.6. The second-order valence-electron chi connectivity index (χ2n) is 4.24. The van der Waals surface area contributed by atoms with Crippen molar-refractivity contribution in [1.29, 1.82) is 0 Å². The molecule has 0 saturated carbocycles. The minimum absolute atomic E-state index is 0.149. The Hall–Kier alpha value is 0.770. The van der Waals surface area contributed by atoms with Crippen LogP contribution in [0.5, 0.6) is 0 Å². The van der Waals surface area contributed by atoms with Gasteiger partial charge in [0, 0.05) is 13.1 Å². The highest BCUT2D eigenvalue weighted by molar-refractivity contribution is 7.46. The van der Waals surface area contributed by atoms with E-state index in [2.05, 4.69) is 0 Å². The van der Waals surface area contributed by atoms with Crippen LogP contribution in [0.15, 0.2) is 0 Å². The zero-order valence-corrected chi connectivity index (χ0v) is 13.7. The summed E-state index contributed by atoms with van der Waals surface area (Å²) < 4.78 is 31.9. The SMILES string of the molecule is O=[PH](OCN1CCOP(O)C1)OCN1CCOP(O)C1. The molecule has 118 valence electrons. The van der Waals surface area contributed by atoms with Gasteiger partial charge in [-0.05, 0) is 0 Å². The van der Waals surface area contributed by atoms with Crippen LogP contribution in [-0.2, 0) is 22.7 Å². The van der Waals surface area contributed by atoms with Crippen molar-refractivity contribution >= 4 is 25.0 Å². The predicted molar refractivity (Wildman–Crippen MR) is 74.2 cm³/mol. The third-order valence-corrected chi connectivity index (χ3v) is 5.64. The van der Waals surface area contributed by atoms with Gasteiger partial charge in [-0.1, -0.05) is 0 Å². The largest absolute Gasteiger partial charge is 0.349 e. The molecule has 0 bridgehead atoms. The molecule has 12 heteroatoms. The van der Waals surface area contributed by atoms with Gasteiger partial charge in [0.25, 0.3) is 0 Å². The Bertz CT molecular complexity index is 298. The van der Waals surface area contributed by atoms with Crippen molar-refractivity contribution in [2.45, 2.75) is 0 Å². The topological polar surface area (TPSA) is 101 Å². The molecule has 0 spiro atoms. The van der Waals surface area contributed by atoms with E-state index in [9.17, 15) is 14.4 Å². The van der Waals surface area contributed by atoms with Crippen molar-refractivity contribution in [3.63, 3.8) is 0 Å². The second-order valence-corrected chi connectivity index (χ2v) is 7.81. The Morgan fingerprint density at radius 2 is 1.45 bits per heavy atom. The Morgan fingerprint density at radius 1 is 1.00 bits per heavy atom. The summed E-state index contributed by atoms with van der Waals surface area (Å²) in [6, 6.07) is 0. The first-order valence-corrected chi connectivity index (χ1v) is 10.1. The van der Waals surface area contributed by atoms with Gasteiger partial charge in [-0.3, -0.25) is 23.4 Å². The molecular weight excluding hydrogens is 329 g/mol. The Labute approximate surface area is 120 Å². The van der Waals surface area contributed by atoms with Crippen molar-refractivity contribution < 1.29 is 32.4 Å². The first-order valence-electron chi connectivity index (χ1n) is 6.06. The van der Waals surface area contributed by atoms with Crippen LogP contribution in [0, 0.1) is 0 Å². The summed E-state index contributed by atoms with van der Waals surface area (Å²) in [7, 11) is -5.42. The summed E-state index contributed by atoms with van der Waals surface area (Å²) in [5.41, 5.74) is 0. The lowest BCUT2D eigenvalue weighted by molar-refractivity contribution is 0.0654. The fourth-order valence-electron chi connectivity index (χ4n) is 1.66. The molecule has 0 amide bonds. The van der Waals surface area contributed by atoms with Gasteiger partial charge in [-0.25, -0.2) is 0 Å². The van der Waals surface area contributed by atoms with Crippen molar-refractivity contribution in [1.82, 2.24) is 9.80 Å². The molecule has 2 fully saturated rings. The predicted octanol–water partition coefficient (Wildman–Crippen LogP) is 0.512. The van der Waals surface area contributed by atoms with Crippen LogP contribution < -0.4 is 0 Å². The molecule has 2 unspecified atom stereocenters. The van der Waals surface area contributed by atoms with Crippen LogP contribution in [0.25, 0.3) is 0 Å². The van der Waals surface area contributed by atoms with E-state index in [4.69, 9.17) is 18.1 Å². The van der Waals surface area contributed by atoms with Gasteiger partial charge in [0.05, 0.1) is 25.8 Å². The van der Waals surface area contributed by atoms with E-state index in [-0.39, 0.29) is 13.5 Å². The maximum absolute atomic E-state index is 11.6. The van der Waals surface area contributed by atoms with Crippen LogP contribution in [-0.4, -0.2) is 71.9 Å². The molecule has 0 aromatic rings. The summed E-state index contributed by atoms with van der Waals surface area (Å²) in [5.74, 6) is 0. The van der Waals surface area contributed by atoms with Crippen LogP contribution in [0.1, 0.15) is 0 Å². The van der Waals surface area contributed by atoms with Crippen LogP contribution in [0.4, 0.5) is 0 Å². The van der Waals surface area contributed by atoms with E-state index in [1.807, 2.05) is 9.80 Å². The molecule has 2 rings (SSSR count). The van der Waals surface area contributed by atoms with Gasteiger partial charge in [0.15, 0.2) is 16.8 Å². The van der Waals surface area contributed by atoms with Crippen LogP contribution >= 0.6 is 25.0 Å². The third-order valence-electron chi connectivity index (χ3n) is 2.67. The smallest absolute Gasteiger partial charge is 0.321 e. The van der Waals surface area contributed by atoms with Gasteiger partial charge in [0.2, 0.25) is 0 Å². The Morgan fingerprint density at radius 3 is 1.85 bits per heavy atom. The lowest BCUT2D eigenvalue weighted by Crippen LogP contribution is -2.34. The average Bonchev–Trinajstić information content (AvgIpc) is 2.43. The maximum Gasteiger partial charge on any atom is 0.321 e. The molecule has 2 saturated heterocycles. The monoisotopic (exact) mass is 348 g/mol. The molecule has 2 aliphatic rings. The van der Waals surface area contributed by atoms with Gasteiger partial charge in [-0.15, -0.1) is 0 Å². The summed E-state index contributed by atoms with van der Waals surface area (Å²) in [4.78, 5) is 22.3. The van der Waals surface area contributed by atoms with Crippen molar-refractivity contribution in [2.75, 3.05) is 52.3 Å². The number of hydrogen-bond donors (Lipinski definition) is 2. The van der Waals surface area contributed by atoms with E-state index in [1.165, 1.54) is 0 Å². The lowest BCUT2D eigenvalue weighted by Gasteiger charge is -2.29. The zero-order chi connectivity index (χ0) is 14.4. The van der Waals surface area contributed by atoms with Gasteiger partial charge in [-0.2, -0.15) is 0 Å². The van der Waals surface area contributed by atoms with E-state index < -0.39 is 25.0 Å². The van der Waals surface area contributed by atoms with E-state index >= 15 is 0 Å². The Kier molecular flexibility index (Phi) is 7.74. The van der Waals surface area contributed by atoms with E-state index in [0.717, 1.165) is 0 Å². The Balaban J connectivity index is 1.58. The van der Waals surface area contributed by atoms with Crippen molar-refractivity contribution in [3.05, 3.63) is 0 Å². The standard InChI is InChI=1S/C8H19N2O7P3/c11-18-7-9(1-3-14-18)5-16-20(13)17-6-10-2-4-15-19(12)8-10/h11-12,20H,1-8H2. The quantitative estimate of drug-likeness (QED) is 0.665. The fourth-order valence-corrected chi connectivity index (χ4v) is 4.19. The third kappa shape index (κ3) is 6.26. The highest BCUT2D eigenvalue weighted by atomic mass is 31.2. The van der Waals surface area contributed by atoms with E-state index in [0.29, 0.717) is 38.9 Å². The summed E-state index contributed by atoms with van der Waals surface area (Å²) in [6.07, 6.45) is 0.783.